The van der Waals surface area contributed by atoms with Crippen LogP contribution in [0.4, 0.5) is 8.78 Å². The Morgan fingerprint density at radius 2 is 2.21 bits per heavy atom. The molecule has 0 spiro atoms. The Labute approximate surface area is 113 Å². The van der Waals surface area contributed by atoms with Gasteiger partial charge in [0.1, 0.15) is 17.4 Å². The van der Waals surface area contributed by atoms with Gasteiger partial charge in [-0.05, 0) is 19.1 Å². The van der Waals surface area contributed by atoms with Crippen LogP contribution in [0.1, 0.15) is 18.8 Å². The van der Waals surface area contributed by atoms with Gasteiger partial charge in [0.15, 0.2) is 11.6 Å². The molecule has 1 heterocycles. The summed E-state index contributed by atoms with van der Waals surface area (Å²) in [5, 5.41) is 0. The number of primary amides is 1. The predicted molar refractivity (Wildman–Crippen MR) is 68.0 cm³/mol. The molecule has 19 heavy (non-hydrogen) atoms. The van der Waals surface area contributed by atoms with E-state index in [4.69, 9.17) is 17.3 Å². The van der Waals surface area contributed by atoms with Crippen molar-refractivity contribution in [3.63, 3.8) is 0 Å². The Morgan fingerprint density at radius 1 is 1.53 bits per heavy atom. The maximum Gasteiger partial charge on any atom is 0.240 e. The minimum Gasteiger partial charge on any atom is -0.368 e. The summed E-state index contributed by atoms with van der Waals surface area (Å²) in [7, 11) is 0. The number of fused-ring (bicyclic) bond motifs is 1. The van der Waals surface area contributed by atoms with E-state index in [0.717, 1.165) is 6.07 Å². The van der Waals surface area contributed by atoms with Crippen LogP contribution in [0.25, 0.3) is 11.0 Å². The average Bonchev–Trinajstić information content (AvgIpc) is 2.72. The van der Waals surface area contributed by atoms with Gasteiger partial charge in [-0.25, -0.2) is 13.8 Å². The summed E-state index contributed by atoms with van der Waals surface area (Å²) in [5.74, 6) is -2.04. The Bertz CT molecular complexity index is 641. The van der Waals surface area contributed by atoms with Crippen LogP contribution in [-0.2, 0) is 11.2 Å². The van der Waals surface area contributed by atoms with E-state index in [9.17, 15) is 13.6 Å². The number of rotatable bonds is 4. The van der Waals surface area contributed by atoms with Crippen molar-refractivity contribution >= 4 is 28.5 Å². The minimum absolute atomic E-state index is 0.0635. The molecular formula is C12H12ClF2N3O. The molecule has 1 atom stereocenters. The molecule has 0 fully saturated rings. The Hall–Kier alpha value is -1.69. The van der Waals surface area contributed by atoms with Gasteiger partial charge >= 0.3 is 0 Å². The third-order valence-corrected chi connectivity index (χ3v) is 3.12. The Morgan fingerprint density at radius 3 is 2.79 bits per heavy atom. The van der Waals surface area contributed by atoms with Crippen LogP contribution in [0.2, 0.25) is 0 Å². The van der Waals surface area contributed by atoms with E-state index in [-0.39, 0.29) is 16.9 Å². The summed E-state index contributed by atoms with van der Waals surface area (Å²) in [6.07, 6.45) is 0.328. The maximum absolute atomic E-state index is 13.9. The smallest absolute Gasteiger partial charge is 0.240 e. The minimum atomic E-state index is -1.04. The number of nitrogens with two attached hydrogens (primary N) is 1. The number of amides is 1. The molecule has 2 rings (SSSR count). The van der Waals surface area contributed by atoms with Crippen LogP contribution < -0.4 is 5.73 Å². The molecule has 2 aromatic rings. The molecule has 0 saturated carbocycles. The second kappa shape index (κ2) is 5.13. The molecule has 4 nitrogen and oxygen atoms in total. The highest BCUT2D eigenvalue weighted by Crippen LogP contribution is 2.25. The highest BCUT2D eigenvalue weighted by atomic mass is 35.5. The van der Waals surface area contributed by atoms with Crippen molar-refractivity contribution in [1.82, 2.24) is 9.55 Å². The van der Waals surface area contributed by atoms with Gasteiger partial charge in [-0.1, -0.05) is 0 Å². The van der Waals surface area contributed by atoms with Crippen molar-refractivity contribution in [2.45, 2.75) is 19.4 Å². The van der Waals surface area contributed by atoms with Gasteiger partial charge in [-0.2, -0.15) is 0 Å². The van der Waals surface area contributed by atoms with Crippen molar-refractivity contribution in [2.75, 3.05) is 5.88 Å². The van der Waals surface area contributed by atoms with Crippen LogP contribution in [0.5, 0.6) is 0 Å². The van der Waals surface area contributed by atoms with Crippen LogP contribution >= 0.6 is 11.6 Å². The van der Waals surface area contributed by atoms with Crippen molar-refractivity contribution in [2.24, 2.45) is 5.73 Å². The normalized spacial score (nSPS) is 12.8. The summed E-state index contributed by atoms with van der Waals surface area (Å²) in [6, 6.07) is 1.52. The number of carbonyl (C=O) groups is 1. The molecule has 1 unspecified atom stereocenters. The molecule has 0 radical (unpaired) electrons. The lowest BCUT2D eigenvalue weighted by Gasteiger charge is -2.14. The lowest BCUT2D eigenvalue weighted by atomic mass is 10.2. The zero-order chi connectivity index (χ0) is 14.2. The maximum atomic E-state index is 13.9. The molecule has 102 valence electrons. The number of benzene rings is 1. The van der Waals surface area contributed by atoms with Crippen LogP contribution in [0.15, 0.2) is 12.1 Å². The fourth-order valence-electron chi connectivity index (χ4n) is 1.98. The molecule has 2 N–H and O–H groups in total. The zero-order valence-electron chi connectivity index (χ0n) is 10.2. The zero-order valence-corrected chi connectivity index (χ0v) is 10.9. The molecule has 7 heteroatoms. The first kappa shape index (κ1) is 13.7. The average molecular weight is 288 g/mol. The number of carbonyl (C=O) groups excluding carboxylic acids is 1. The van der Waals surface area contributed by atoms with E-state index >= 15 is 0 Å². The Kier molecular flexibility index (Phi) is 3.71. The first-order valence-electron chi connectivity index (χ1n) is 5.67. The van der Waals surface area contributed by atoms with Gasteiger partial charge in [0.25, 0.3) is 0 Å². The number of imidazole rings is 1. The molecule has 1 amide bonds. The number of nitrogens with zero attached hydrogens (tertiary/aromatic N) is 2. The first-order valence-corrected chi connectivity index (χ1v) is 6.21. The summed E-state index contributed by atoms with van der Waals surface area (Å²) in [6.45, 7) is 1.51. The third-order valence-electron chi connectivity index (χ3n) is 2.93. The van der Waals surface area contributed by atoms with Crippen LogP contribution in [-0.4, -0.2) is 21.3 Å². The summed E-state index contributed by atoms with van der Waals surface area (Å²) in [4.78, 5) is 15.5. The SMILES string of the molecule is CC(C(N)=O)n1c(CCCl)nc2ccc(F)c(F)c21. The number of aryl methyl sites for hydroxylation is 1. The predicted octanol–water partition coefficient (Wildman–Crippen LogP) is 2.14. The topological polar surface area (TPSA) is 60.9 Å². The van der Waals surface area contributed by atoms with E-state index < -0.39 is 23.6 Å². The monoisotopic (exact) mass is 287 g/mol. The number of hydrogen-bond donors (Lipinski definition) is 1. The number of hydrogen-bond acceptors (Lipinski definition) is 2. The van der Waals surface area contributed by atoms with Gasteiger partial charge in [-0.3, -0.25) is 4.79 Å². The van der Waals surface area contributed by atoms with Crippen LogP contribution in [0.3, 0.4) is 0 Å². The van der Waals surface area contributed by atoms with E-state index in [2.05, 4.69) is 4.98 Å². The largest absolute Gasteiger partial charge is 0.368 e. The molecule has 1 aromatic heterocycles. The van der Waals surface area contributed by atoms with E-state index in [0.29, 0.717) is 12.2 Å². The second-order valence-corrected chi connectivity index (χ2v) is 4.52. The summed E-state index contributed by atoms with van der Waals surface area (Å²) < 4.78 is 28.5. The molecule has 0 aliphatic carbocycles. The number of alkyl halides is 1. The van der Waals surface area contributed by atoms with Crippen molar-refractivity contribution in [3.05, 3.63) is 29.6 Å². The first-order chi connectivity index (χ1) is 8.97. The lowest BCUT2D eigenvalue weighted by Crippen LogP contribution is -2.25. The fraction of sp³-hybridized carbons (Fsp3) is 0.333. The van der Waals surface area contributed by atoms with Gasteiger partial charge < -0.3 is 10.3 Å². The van der Waals surface area contributed by atoms with Gasteiger partial charge in [0.05, 0.1) is 5.52 Å². The molecule has 0 aliphatic rings. The van der Waals surface area contributed by atoms with Crippen molar-refractivity contribution in [1.29, 1.82) is 0 Å². The highest BCUT2D eigenvalue weighted by Gasteiger charge is 2.23. The highest BCUT2D eigenvalue weighted by molar-refractivity contribution is 6.17. The number of aromatic nitrogens is 2. The molecule has 1 aromatic carbocycles. The third kappa shape index (κ3) is 2.28. The van der Waals surface area contributed by atoms with E-state index in [1.165, 1.54) is 17.6 Å². The van der Waals surface area contributed by atoms with E-state index in [1.54, 1.807) is 0 Å². The second-order valence-electron chi connectivity index (χ2n) is 4.14. The van der Waals surface area contributed by atoms with Gasteiger partial charge in [-0.15, -0.1) is 11.6 Å². The molecular weight excluding hydrogens is 276 g/mol. The standard InChI is InChI=1S/C12H12ClF2N3O/c1-6(12(16)19)18-9(4-5-13)17-8-3-2-7(14)10(15)11(8)18/h2-3,6H,4-5H2,1H3,(H2,16,19). The fourth-order valence-corrected chi connectivity index (χ4v) is 2.15. The Balaban J connectivity index is 2.78. The van der Waals surface area contributed by atoms with Crippen molar-refractivity contribution < 1.29 is 13.6 Å². The molecule has 0 aliphatic heterocycles. The molecule has 0 saturated heterocycles. The number of halogens is 3. The summed E-state index contributed by atoms with van der Waals surface area (Å²) in [5.41, 5.74) is 5.44. The van der Waals surface area contributed by atoms with Crippen LogP contribution in [0, 0.1) is 11.6 Å². The lowest BCUT2D eigenvalue weighted by molar-refractivity contribution is -0.120. The molecule has 0 bridgehead atoms. The van der Waals surface area contributed by atoms with E-state index in [1.807, 2.05) is 0 Å². The van der Waals surface area contributed by atoms with Crippen molar-refractivity contribution in [3.8, 4) is 0 Å². The van der Waals surface area contributed by atoms with Gasteiger partial charge in [0, 0.05) is 12.3 Å². The quantitative estimate of drug-likeness (QED) is 0.876. The summed E-state index contributed by atoms with van der Waals surface area (Å²) >= 11 is 5.65. The van der Waals surface area contributed by atoms with Gasteiger partial charge in [0.2, 0.25) is 5.91 Å².